The Morgan fingerprint density at radius 2 is 2.00 bits per heavy atom. The van der Waals surface area contributed by atoms with Gasteiger partial charge in [0, 0.05) is 11.6 Å². The second-order valence-electron chi connectivity index (χ2n) is 4.21. The molecule has 0 atom stereocenters. The maximum Gasteiger partial charge on any atom is 0.313 e. The summed E-state index contributed by atoms with van der Waals surface area (Å²) in [6, 6.07) is 4.49. The number of rotatable bonds is 3. The summed E-state index contributed by atoms with van der Waals surface area (Å²) in [6.07, 6.45) is 0. The third kappa shape index (κ3) is 2.03. The lowest BCUT2D eigenvalue weighted by molar-refractivity contribution is -0.386. The van der Waals surface area contributed by atoms with Crippen molar-refractivity contribution in [3.63, 3.8) is 0 Å². The van der Waals surface area contributed by atoms with E-state index in [0.29, 0.717) is 0 Å². The van der Waals surface area contributed by atoms with E-state index in [-0.39, 0.29) is 11.3 Å². The fraction of sp³-hybridized carbons (Fsp3) is 0.364. The van der Waals surface area contributed by atoms with E-state index >= 15 is 0 Å². The summed E-state index contributed by atoms with van der Waals surface area (Å²) in [5, 5.41) is 19.9. The lowest BCUT2D eigenvalue weighted by atomic mass is 9.83. The zero-order valence-electron chi connectivity index (χ0n) is 9.35. The van der Waals surface area contributed by atoms with E-state index in [1.807, 2.05) is 0 Å². The van der Waals surface area contributed by atoms with Crippen LogP contribution in [0.3, 0.4) is 0 Å². The molecule has 5 heteroatoms. The predicted molar refractivity (Wildman–Crippen MR) is 58.5 cm³/mol. The molecule has 0 saturated carbocycles. The molecule has 1 rings (SSSR count). The summed E-state index contributed by atoms with van der Waals surface area (Å²) in [4.78, 5) is 21.3. The number of aliphatic carboxylic acids is 1. The van der Waals surface area contributed by atoms with Crippen molar-refractivity contribution >= 4 is 11.7 Å². The van der Waals surface area contributed by atoms with Gasteiger partial charge in [-0.05, 0) is 26.8 Å². The molecule has 0 aromatic heterocycles. The van der Waals surface area contributed by atoms with Crippen molar-refractivity contribution in [3.05, 3.63) is 39.4 Å². The van der Waals surface area contributed by atoms with Crippen LogP contribution in [0.2, 0.25) is 0 Å². The molecule has 86 valence electrons. The molecule has 0 spiro atoms. The Bertz CT molecular complexity index is 451. The lowest BCUT2D eigenvalue weighted by Gasteiger charge is -2.19. The fourth-order valence-corrected chi connectivity index (χ4v) is 1.42. The van der Waals surface area contributed by atoms with Crippen LogP contribution < -0.4 is 0 Å². The Labute approximate surface area is 92.9 Å². The number of carboxylic acid groups (broad SMARTS) is 1. The minimum absolute atomic E-state index is 0.155. The SMILES string of the molecule is Cc1ccc([N+](=O)[O-])c(C(C)(C)C(=O)O)c1. The summed E-state index contributed by atoms with van der Waals surface area (Å²) in [5.74, 6) is -1.08. The first-order valence-corrected chi connectivity index (χ1v) is 4.75. The second-order valence-corrected chi connectivity index (χ2v) is 4.21. The summed E-state index contributed by atoms with van der Waals surface area (Å²) >= 11 is 0. The number of nitro groups is 1. The largest absolute Gasteiger partial charge is 0.481 e. The predicted octanol–water partition coefficient (Wildman–Crippen LogP) is 2.27. The van der Waals surface area contributed by atoms with Crippen LogP contribution in [-0.2, 0) is 10.2 Å². The van der Waals surface area contributed by atoms with E-state index in [1.54, 1.807) is 19.1 Å². The highest BCUT2D eigenvalue weighted by Crippen LogP contribution is 2.32. The van der Waals surface area contributed by atoms with Crippen molar-refractivity contribution in [1.29, 1.82) is 0 Å². The summed E-state index contributed by atoms with van der Waals surface area (Å²) in [6.45, 7) is 4.68. The fourth-order valence-electron chi connectivity index (χ4n) is 1.42. The van der Waals surface area contributed by atoms with Crippen molar-refractivity contribution < 1.29 is 14.8 Å². The molecule has 0 aliphatic heterocycles. The molecular weight excluding hydrogens is 210 g/mol. The van der Waals surface area contributed by atoms with Crippen LogP contribution in [0.15, 0.2) is 18.2 Å². The number of carbonyl (C=O) groups is 1. The Balaban J connectivity index is 3.47. The topological polar surface area (TPSA) is 80.4 Å². The van der Waals surface area contributed by atoms with Crippen LogP contribution in [0.25, 0.3) is 0 Å². The van der Waals surface area contributed by atoms with Crippen LogP contribution in [-0.4, -0.2) is 16.0 Å². The van der Waals surface area contributed by atoms with Gasteiger partial charge in [0.05, 0.1) is 10.3 Å². The van der Waals surface area contributed by atoms with Crippen molar-refractivity contribution in [3.8, 4) is 0 Å². The number of nitro benzene ring substituents is 1. The zero-order valence-corrected chi connectivity index (χ0v) is 9.35. The van der Waals surface area contributed by atoms with Crippen LogP contribution >= 0.6 is 0 Å². The first-order chi connectivity index (χ1) is 7.26. The molecule has 0 radical (unpaired) electrons. The third-order valence-corrected chi connectivity index (χ3v) is 2.56. The first-order valence-electron chi connectivity index (χ1n) is 4.75. The van der Waals surface area contributed by atoms with Crippen molar-refractivity contribution in [2.45, 2.75) is 26.2 Å². The van der Waals surface area contributed by atoms with Gasteiger partial charge in [-0.1, -0.05) is 11.6 Å². The Morgan fingerprint density at radius 1 is 1.44 bits per heavy atom. The van der Waals surface area contributed by atoms with Crippen molar-refractivity contribution in [2.24, 2.45) is 0 Å². The van der Waals surface area contributed by atoms with Gasteiger partial charge in [-0.15, -0.1) is 0 Å². The molecule has 1 N–H and O–H groups in total. The number of benzene rings is 1. The molecular formula is C11H13NO4. The van der Waals surface area contributed by atoms with Gasteiger partial charge in [-0.25, -0.2) is 0 Å². The van der Waals surface area contributed by atoms with E-state index < -0.39 is 16.3 Å². The Morgan fingerprint density at radius 3 is 2.44 bits per heavy atom. The van der Waals surface area contributed by atoms with Gasteiger partial charge in [0.15, 0.2) is 0 Å². The molecule has 1 aromatic rings. The van der Waals surface area contributed by atoms with Gasteiger partial charge in [0.1, 0.15) is 0 Å². The molecule has 0 aliphatic rings. The molecule has 0 unspecified atom stereocenters. The molecule has 0 amide bonds. The summed E-state index contributed by atoms with van der Waals surface area (Å²) < 4.78 is 0. The second kappa shape index (κ2) is 3.92. The van der Waals surface area contributed by atoms with E-state index in [2.05, 4.69) is 0 Å². The van der Waals surface area contributed by atoms with Crippen LogP contribution in [0.4, 0.5) is 5.69 Å². The Hall–Kier alpha value is -1.91. The molecule has 1 aromatic carbocycles. The van der Waals surface area contributed by atoms with Crippen molar-refractivity contribution in [2.75, 3.05) is 0 Å². The molecule has 0 saturated heterocycles. The number of hydrogen-bond donors (Lipinski definition) is 1. The quantitative estimate of drug-likeness (QED) is 0.629. The maximum absolute atomic E-state index is 11.1. The van der Waals surface area contributed by atoms with E-state index in [4.69, 9.17) is 5.11 Å². The first kappa shape index (κ1) is 12.2. The van der Waals surface area contributed by atoms with Crippen molar-refractivity contribution in [1.82, 2.24) is 0 Å². The average molecular weight is 223 g/mol. The number of aryl methyl sites for hydroxylation is 1. The highest BCUT2D eigenvalue weighted by molar-refractivity contribution is 5.82. The summed E-state index contributed by atoms with van der Waals surface area (Å²) in [5.41, 5.74) is -0.396. The molecule has 16 heavy (non-hydrogen) atoms. The van der Waals surface area contributed by atoms with E-state index in [0.717, 1.165) is 5.56 Å². The lowest BCUT2D eigenvalue weighted by Crippen LogP contribution is -2.29. The standard InChI is InChI=1S/C11H13NO4/c1-7-4-5-9(12(15)16)8(6-7)11(2,3)10(13)14/h4-6H,1-3H3,(H,13,14). The monoisotopic (exact) mass is 223 g/mol. The number of carboxylic acids is 1. The third-order valence-electron chi connectivity index (χ3n) is 2.56. The smallest absolute Gasteiger partial charge is 0.313 e. The van der Waals surface area contributed by atoms with Gasteiger partial charge in [0.25, 0.3) is 5.69 Å². The molecule has 0 heterocycles. The van der Waals surface area contributed by atoms with Gasteiger partial charge >= 0.3 is 5.97 Å². The maximum atomic E-state index is 11.1. The van der Waals surface area contributed by atoms with Gasteiger partial charge in [-0.2, -0.15) is 0 Å². The highest BCUT2D eigenvalue weighted by atomic mass is 16.6. The molecule has 0 fully saturated rings. The molecule has 0 aliphatic carbocycles. The molecule has 0 bridgehead atoms. The van der Waals surface area contributed by atoms with Gasteiger partial charge in [-0.3, -0.25) is 14.9 Å². The Kier molecular flexibility index (Phi) is 2.98. The minimum atomic E-state index is -1.27. The van der Waals surface area contributed by atoms with Gasteiger partial charge < -0.3 is 5.11 Å². The zero-order chi connectivity index (χ0) is 12.5. The van der Waals surface area contributed by atoms with E-state index in [9.17, 15) is 14.9 Å². The highest BCUT2D eigenvalue weighted by Gasteiger charge is 2.35. The minimum Gasteiger partial charge on any atom is -0.481 e. The molecule has 5 nitrogen and oxygen atoms in total. The van der Waals surface area contributed by atoms with Crippen LogP contribution in [0.1, 0.15) is 25.0 Å². The van der Waals surface area contributed by atoms with Gasteiger partial charge in [0.2, 0.25) is 0 Å². The average Bonchev–Trinajstić information content (AvgIpc) is 2.16. The van der Waals surface area contributed by atoms with Crippen LogP contribution in [0.5, 0.6) is 0 Å². The summed E-state index contributed by atoms with van der Waals surface area (Å²) in [7, 11) is 0. The number of hydrogen-bond acceptors (Lipinski definition) is 3. The normalized spacial score (nSPS) is 11.2. The van der Waals surface area contributed by atoms with E-state index in [1.165, 1.54) is 19.9 Å². The number of nitrogens with zero attached hydrogens (tertiary/aromatic N) is 1. The van der Waals surface area contributed by atoms with Crippen LogP contribution in [0, 0.1) is 17.0 Å².